The third kappa shape index (κ3) is 4.35. The Hall–Kier alpha value is -2.65. The van der Waals surface area contributed by atoms with E-state index in [0.717, 1.165) is 10.2 Å². The molecule has 0 aliphatic heterocycles. The first-order chi connectivity index (χ1) is 14.0. The fraction of sp³-hybridized carbons (Fsp3) is 0.450. The minimum absolute atomic E-state index is 0.172. The average Bonchev–Trinajstić information content (AvgIpc) is 3.33. The maximum atomic E-state index is 12.8. The lowest BCUT2D eigenvalue weighted by Crippen LogP contribution is -2.20. The van der Waals surface area contributed by atoms with Gasteiger partial charge >= 0.3 is 0 Å². The summed E-state index contributed by atoms with van der Waals surface area (Å²) < 4.78 is 21.1. The summed E-state index contributed by atoms with van der Waals surface area (Å²) in [5, 5.41) is 4.33. The van der Waals surface area contributed by atoms with Crippen molar-refractivity contribution >= 4 is 27.5 Å². The zero-order valence-corrected chi connectivity index (χ0v) is 18.2. The van der Waals surface area contributed by atoms with Crippen molar-refractivity contribution in [3.05, 3.63) is 34.9 Å². The van der Waals surface area contributed by atoms with Gasteiger partial charge in [0.25, 0.3) is 5.91 Å². The van der Waals surface area contributed by atoms with Crippen molar-refractivity contribution in [1.82, 2.24) is 14.3 Å². The van der Waals surface area contributed by atoms with Crippen LogP contribution in [0.5, 0.6) is 11.5 Å². The SMILES string of the molecule is CCOCCn1c(=NC(=O)c2ccn(C(C)C)n2)sc2c(OC)ccc(OC)c21. The molecular formula is C20H26N4O4S. The van der Waals surface area contributed by atoms with Crippen LogP contribution < -0.4 is 14.3 Å². The Morgan fingerprint density at radius 3 is 2.55 bits per heavy atom. The number of carbonyl (C=O) groups is 1. The predicted octanol–water partition coefficient (Wildman–Crippen LogP) is 3.28. The molecule has 3 rings (SSSR count). The maximum Gasteiger partial charge on any atom is 0.300 e. The van der Waals surface area contributed by atoms with Gasteiger partial charge in [0.05, 0.1) is 20.8 Å². The molecule has 0 bridgehead atoms. The summed E-state index contributed by atoms with van der Waals surface area (Å²) in [6.07, 6.45) is 1.79. The van der Waals surface area contributed by atoms with Crippen molar-refractivity contribution in [3.8, 4) is 11.5 Å². The molecule has 0 aliphatic rings. The van der Waals surface area contributed by atoms with Crippen molar-refractivity contribution in [2.45, 2.75) is 33.4 Å². The lowest BCUT2D eigenvalue weighted by Gasteiger charge is -2.10. The Morgan fingerprint density at radius 1 is 1.21 bits per heavy atom. The average molecular weight is 419 g/mol. The Bertz CT molecular complexity index is 1060. The molecule has 0 atom stereocenters. The Balaban J connectivity index is 2.14. The monoisotopic (exact) mass is 418 g/mol. The highest BCUT2D eigenvalue weighted by Crippen LogP contribution is 2.35. The van der Waals surface area contributed by atoms with Crippen LogP contribution in [0.15, 0.2) is 29.4 Å². The van der Waals surface area contributed by atoms with Gasteiger partial charge in [-0.3, -0.25) is 9.48 Å². The van der Waals surface area contributed by atoms with E-state index in [4.69, 9.17) is 14.2 Å². The number of nitrogens with zero attached hydrogens (tertiary/aromatic N) is 4. The molecule has 2 aromatic heterocycles. The number of carbonyl (C=O) groups excluding carboxylic acids is 1. The number of rotatable bonds is 8. The van der Waals surface area contributed by atoms with Gasteiger partial charge in [-0.1, -0.05) is 11.3 Å². The molecule has 8 nitrogen and oxygen atoms in total. The number of thiazole rings is 1. The molecule has 0 aliphatic carbocycles. The van der Waals surface area contributed by atoms with E-state index in [1.165, 1.54) is 11.3 Å². The molecule has 0 saturated carbocycles. The lowest BCUT2D eigenvalue weighted by atomic mass is 10.3. The normalized spacial score (nSPS) is 12.1. The van der Waals surface area contributed by atoms with Gasteiger partial charge in [-0.15, -0.1) is 0 Å². The highest BCUT2D eigenvalue weighted by molar-refractivity contribution is 7.16. The zero-order chi connectivity index (χ0) is 21.0. The summed E-state index contributed by atoms with van der Waals surface area (Å²) in [5.74, 6) is 1.000. The van der Waals surface area contributed by atoms with Gasteiger partial charge in [0.15, 0.2) is 10.5 Å². The predicted molar refractivity (Wildman–Crippen MR) is 112 cm³/mol. The quantitative estimate of drug-likeness (QED) is 0.525. The number of ether oxygens (including phenoxy) is 3. The molecule has 0 spiro atoms. The summed E-state index contributed by atoms with van der Waals surface area (Å²) in [6, 6.07) is 5.55. The maximum absolute atomic E-state index is 12.8. The Labute approximate surface area is 173 Å². The van der Waals surface area contributed by atoms with Crippen LogP contribution >= 0.6 is 11.3 Å². The third-order valence-electron chi connectivity index (χ3n) is 4.41. The molecule has 29 heavy (non-hydrogen) atoms. The minimum atomic E-state index is -0.390. The fourth-order valence-electron chi connectivity index (χ4n) is 2.93. The molecule has 0 N–H and O–H groups in total. The number of hydrogen-bond acceptors (Lipinski definition) is 6. The van der Waals surface area contributed by atoms with E-state index in [0.29, 0.717) is 41.8 Å². The van der Waals surface area contributed by atoms with Crippen molar-refractivity contribution in [1.29, 1.82) is 0 Å². The van der Waals surface area contributed by atoms with Crippen LogP contribution in [-0.4, -0.2) is 47.7 Å². The number of benzene rings is 1. The molecule has 1 amide bonds. The molecule has 3 aromatic rings. The van der Waals surface area contributed by atoms with Gasteiger partial charge in [-0.05, 0) is 39.0 Å². The molecule has 0 radical (unpaired) electrons. The van der Waals surface area contributed by atoms with Crippen LogP contribution in [0.1, 0.15) is 37.3 Å². The molecule has 1 aromatic carbocycles. The van der Waals surface area contributed by atoms with E-state index >= 15 is 0 Å². The van der Waals surface area contributed by atoms with Gasteiger partial charge in [-0.25, -0.2) is 0 Å². The van der Waals surface area contributed by atoms with E-state index in [-0.39, 0.29) is 11.9 Å². The van der Waals surface area contributed by atoms with Crippen LogP contribution in [-0.2, 0) is 11.3 Å². The summed E-state index contributed by atoms with van der Waals surface area (Å²) in [6.45, 7) is 7.59. The molecule has 9 heteroatoms. The first kappa shape index (κ1) is 21.1. The second-order valence-corrected chi connectivity index (χ2v) is 7.55. The Kier molecular flexibility index (Phi) is 6.71. The molecule has 156 valence electrons. The van der Waals surface area contributed by atoms with E-state index < -0.39 is 0 Å². The van der Waals surface area contributed by atoms with E-state index in [1.54, 1.807) is 31.2 Å². The highest BCUT2D eigenvalue weighted by Gasteiger charge is 2.17. The summed E-state index contributed by atoms with van der Waals surface area (Å²) in [4.78, 5) is 17.7. The largest absolute Gasteiger partial charge is 0.495 e. The van der Waals surface area contributed by atoms with Crippen molar-refractivity contribution in [2.75, 3.05) is 27.4 Å². The second-order valence-electron chi connectivity index (χ2n) is 6.57. The minimum Gasteiger partial charge on any atom is -0.495 e. The zero-order valence-electron chi connectivity index (χ0n) is 17.3. The van der Waals surface area contributed by atoms with Crippen molar-refractivity contribution < 1.29 is 19.0 Å². The summed E-state index contributed by atoms with van der Waals surface area (Å²) in [7, 11) is 3.23. The van der Waals surface area contributed by atoms with Crippen LogP contribution in [0.4, 0.5) is 0 Å². The molecule has 0 unspecified atom stereocenters. The van der Waals surface area contributed by atoms with E-state index in [2.05, 4.69) is 10.1 Å². The van der Waals surface area contributed by atoms with E-state index in [9.17, 15) is 4.79 Å². The molecule has 0 fully saturated rings. The summed E-state index contributed by atoms with van der Waals surface area (Å²) >= 11 is 1.38. The number of amides is 1. The molecule has 2 heterocycles. The molecule has 0 saturated heterocycles. The Morgan fingerprint density at radius 2 is 1.93 bits per heavy atom. The smallest absolute Gasteiger partial charge is 0.300 e. The van der Waals surface area contributed by atoms with Gasteiger partial charge in [0.1, 0.15) is 21.7 Å². The highest BCUT2D eigenvalue weighted by atomic mass is 32.1. The molecular weight excluding hydrogens is 392 g/mol. The first-order valence-electron chi connectivity index (χ1n) is 9.46. The van der Waals surface area contributed by atoms with Crippen molar-refractivity contribution in [2.24, 2.45) is 4.99 Å². The van der Waals surface area contributed by atoms with Gasteiger partial charge in [0, 0.05) is 25.4 Å². The topological polar surface area (TPSA) is 79.9 Å². The fourth-order valence-corrected chi connectivity index (χ4v) is 4.09. The van der Waals surface area contributed by atoms with Gasteiger partial charge < -0.3 is 18.8 Å². The van der Waals surface area contributed by atoms with Gasteiger partial charge in [-0.2, -0.15) is 10.1 Å². The van der Waals surface area contributed by atoms with Crippen LogP contribution in [0, 0.1) is 0 Å². The second kappa shape index (κ2) is 9.23. The van der Waals surface area contributed by atoms with Crippen LogP contribution in [0.2, 0.25) is 0 Å². The first-order valence-corrected chi connectivity index (χ1v) is 10.3. The summed E-state index contributed by atoms with van der Waals surface area (Å²) in [5.41, 5.74) is 1.14. The van der Waals surface area contributed by atoms with Crippen LogP contribution in [0.25, 0.3) is 10.2 Å². The van der Waals surface area contributed by atoms with Gasteiger partial charge in [0.2, 0.25) is 0 Å². The van der Waals surface area contributed by atoms with E-state index in [1.807, 2.05) is 37.5 Å². The number of aromatic nitrogens is 3. The number of methoxy groups -OCH3 is 2. The number of fused-ring (bicyclic) bond motifs is 1. The third-order valence-corrected chi connectivity index (χ3v) is 5.50. The van der Waals surface area contributed by atoms with Crippen molar-refractivity contribution in [3.63, 3.8) is 0 Å². The standard InChI is InChI=1S/C20H26N4O4S/c1-6-28-12-11-23-17-15(26-4)7-8-16(27-5)18(17)29-20(23)21-19(25)14-9-10-24(22-14)13(2)3/h7-10,13H,6,11-12H2,1-5H3. The lowest BCUT2D eigenvalue weighted by molar-refractivity contribution is 0.0991. The number of hydrogen-bond donors (Lipinski definition) is 0. The van der Waals surface area contributed by atoms with Crippen LogP contribution in [0.3, 0.4) is 0 Å².